The minimum absolute atomic E-state index is 0. The molecule has 0 saturated carbocycles. The fraction of sp³-hybridized carbons (Fsp3) is 0.214. The molecule has 2 rings (SSSR count). The lowest BCUT2D eigenvalue weighted by molar-refractivity contribution is 0.945. The summed E-state index contributed by atoms with van der Waals surface area (Å²) in [5.41, 5.74) is 10.5. The number of benzene rings is 1. The third kappa shape index (κ3) is 3.57. The number of hydrogen-bond donors (Lipinski definition) is 2. The van der Waals surface area contributed by atoms with Crippen LogP contribution in [-0.2, 0) is 12.8 Å². The third-order valence-electron chi connectivity index (χ3n) is 2.80. The first-order chi connectivity index (χ1) is 7.75. The highest BCUT2D eigenvalue weighted by molar-refractivity contribution is 5.44. The van der Waals surface area contributed by atoms with E-state index in [4.69, 9.17) is 5.73 Å². The molecule has 1 aromatic carbocycles. The molecular formula is C14H19N3. The Bertz CT molecular complexity index is 466. The van der Waals surface area contributed by atoms with Crippen molar-refractivity contribution in [3.05, 3.63) is 59.4 Å². The first-order valence-electron chi connectivity index (χ1n) is 5.49. The van der Waals surface area contributed by atoms with E-state index in [1.165, 1.54) is 16.7 Å². The van der Waals surface area contributed by atoms with Gasteiger partial charge in [-0.15, -0.1) is 0 Å². The molecule has 5 N–H and O–H groups in total. The minimum atomic E-state index is 0. The molecule has 0 aliphatic carbocycles. The highest BCUT2D eigenvalue weighted by Crippen LogP contribution is 2.14. The summed E-state index contributed by atoms with van der Waals surface area (Å²) in [6.45, 7) is 2.11. The Morgan fingerprint density at radius 3 is 2.41 bits per heavy atom. The molecule has 0 fully saturated rings. The summed E-state index contributed by atoms with van der Waals surface area (Å²) >= 11 is 0. The number of hydrogen-bond acceptors (Lipinski definition) is 3. The summed E-state index contributed by atoms with van der Waals surface area (Å²) in [6, 6.07) is 10.2. The van der Waals surface area contributed by atoms with Crippen LogP contribution < -0.4 is 11.9 Å². The van der Waals surface area contributed by atoms with E-state index < -0.39 is 0 Å². The van der Waals surface area contributed by atoms with Crippen LogP contribution in [0.5, 0.6) is 0 Å². The monoisotopic (exact) mass is 229 g/mol. The maximum Gasteiger partial charge on any atom is 0.0316 e. The average Bonchev–Trinajstić information content (AvgIpc) is 2.29. The predicted molar refractivity (Wildman–Crippen MR) is 72.3 cm³/mol. The molecule has 0 amide bonds. The molecule has 0 saturated heterocycles. The fourth-order valence-corrected chi connectivity index (χ4v) is 1.83. The van der Waals surface area contributed by atoms with Crippen molar-refractivity contribution in [1.82, 2.24) is 11.1 Å². The largest absolute Gasteiger partial charge is 0.399 e. The number of rotatable bonds is 3. The van der Waals surface area contributed by atoms with E-state index in [9.17, 15) is 0 Å². The van der Waals surface area contributed by atoms with Crippen molar-refractivity contribution in [3.8, 4) is 0 Å². The van der Waals surface area contributed by atoms with Gasteiger partial charge in [-0.2, -0.15) is 0 Å². The van der Waals surface area contributed by atoms with Crippen molar-refractivity contribution in [2.75, 3.05) is 5.73 Å². The van der Waals surface area contributed by atoms with Gasteiger partial charge in [0.2, 0.25) is 0 Å². The molecule has 0 unspecified atom stereocenters. The first-order valence-corrected chi connectivity index (χ1v) is 5.49. The summed E-state index contributed by atoms with van der Waals surface area (Å²) in [7, 11) is 0. The summed E-state index contributed by atoms with van der Waals surface area (Å²) in [5, 5.41) is 0. The van der Waals surface area contributed by atoms with E-state index in [1.54, 1.807) is 0 Å². The van der Waals surface area contributed by atoms with E-state index >= 15 is 0 Å². The lowest BCUT2D eigenvalue weighted by Crippen LogP contribution is -1.95. The van der Waals surface area contributed by atoms with E-state index in [0.29, 0.717) is 0 Å². The molecule has 0 aliphatic heterocycles. The van der Waals surface area contributed by atoms with Crippen LogP contribution in [0.1, 0.15) is 16.7 Å². The molecule has 0 bridgehead atoms. The second kappa shape index (κ2) is 6.01. The maximum absolute atomic E-state index is 5.73. The van der Waals surface area contributed by atoms with Crippen molar-refractivity contribution >= 4 is 5.69 Å². The van der Waals surface area contributed by atoms with Crippen LogP contribution in [0.15, 0.2) is 42.7 Å². The molecule has 2 aromatic rings. The van der Waals surface area contributed by atoms with Gasteiger partial charge in [0, 0.05) is 18.1 Å². The normalized spacial score (nSPS) is 9.71. The van der Waals surface area contributed by atoms with E-state index in [0.717, 1.165) is 18.5 Å². The van der Waals surface area contributed by atoms with E-state index in [-0.39, 0.29) is 6.15 Å². The Morgan fingerprint density at radius 2 is 1.76 bits per heavy atom. The van der Waals surface area contributed by atoms with Crippen molar-refractivity contribution in [3.63, 3.8) is 0 Å². The molecule has 17 heavy (non-hydrogen) atoms. The highest BCUT2D eigenvalue weighted by atomic mass is 14.6. The number of pyridine rings is 1. The second-order valence-corrected chi connectivity index (χ2v) is 4.04. The van der Waals surface area contributed by atoms with Crippen LogP contribution >= 0.6 is 0 Å². The molecule has 3 heteroatoms. The zero-order valence-corrected chi connectivity index (χ0v) is 10.2. The summed E-state index contributed by atoms with van der Waals surface area (Å²) in [5.74, 6) is 0. The van der Waals surface area contributed by atoms with Gasteiger partial charge in [0.05, 0.1) is 0 Å². The van der Waals surface area contributed by atoms with Crippen LogP contribution in [0.3, 0.4) is 0 Å². The van der Waals surface area contributed by atoms with Gasteiger partial charge in [0.15, 0.2) is 0 Å². The second-order valence-electron chi connectivity index (χ2n) is 4.04. The number of nitrogen functional groups attached to an aromatic ring is 1. The van der Waals surface area contributed by atoms with Gasteiger partial charge in [-0.05, 0) is 60.7 Å². The van der Waals surface area contributed by atoms with Crippen LogP contribution in [-0.4, -0.2) is 4.98 Å². The lowest BCUT2D eigenvalue weighted by atomic mass is 10.0. The van der Waals surface area contributed by atoms with Crippen LogP contribution in [0.2, 0.25) is 0 Å². The summed E-state index contributed by atoms with van der Waals surface area (Å²) in [6.07, 6.45) is 5.78. The first kappa shape index (κ1) is 13.2. The Labute approximate surface area is 102 Å². The van der Waals surface area contributed by atoms with Gasteiger partial charge in [0.1, 0.15) is 0 Å². The molecule has 90 valence electrons. The van der Waals surface area contributed by atoms with Crippen LogP contribution in [0, 0.1) is 6.92 Å². The van der Waals surface area contributed by atoms with E-state index in [1.807, 2.05) is 24.5 Å². The molecule has 1 aromatic heterocycles. The summed E-state index contributed by atoms with van der Waals surface area (Å²) < 4.78 is 0. The topological polar surface area (TPSA) is 73.9 Å². The van der Waals surface area contributed by atoms with Gasteiger partial charge in [-0.25, -0.2) is 0 Å². The molecule has 3 nitrogen and oxygen atoms in total. The molecule has 0 aliphatic rings. The number of anilines is 1. The summed E-state index contributed by atoms with van der Waals surface area (Å²) in [4.78, 5) is 4.01. The predicted octanol–water partition coefficient (Wildman–Crippen LogP) is 2.92. The Morgan fingerprint density at radius 1 is 1.06 bits per heavy atom. The van der Waals surface area contributed by atoms with E-state index in [2.05, 4.69) is 30.1 Å². The average molecular weight is 229 g/mol. The number of aromatic nitrogens is 1. The van der Waals surface area contributed by atoms with Gasteiger partial charge >= 0.3 is 0 Å². The highest BCUT2D eigenvalue weighted by Gasteiger charge is 1.99. The smallest absolute Gasteiger partial charge is 0.0316 e. The zero-order valence-electron chi connectivity index (χ0n) is 10.2. The Hall–Kier alpha value is -1.87. The minimum Gasteiger partial charge on any atom is -0.399 e. The van der Waals surface area contributed by atoms with Crippen molar-refractivity contribution < 1.29 is 0 Å². The van der Waals surface area contributed by atoms with Gasteiger partial charge in [-0.1, -0.05) is 6.07 Å². The van der Waals surface area contributed by atoms with Crippen LogP contribution in [0.4, 0.5) is 5.69 Å². The van der Waals surface area contributed by atoms with Crippen molar-refractivity contribution in [2.45, 2.75) is 19.8 Å². The SMILES string of the molecule is Cc1cc(N)ccc1CCc1ccncc1.N. The standard InChI is InChI=1S/C14H16N2.H3N/c1-11-10-14(15)5-4-13(11)3-2-12-6-8-16-9-7-12;/h4-10H,2-3,15H2,1H3;1H3. The lowest BCUT2D eigenvalue weighted by Gasteiger charge is -2.06. The molecule has 0 atom stereocenters. The maximum atomic E-state index is 5.73. The Kier molecular flexibility index (Phi) is 4.67. The molecular weight excluding hydrogens is 210 g/mol. The van der Waals surface area contributed by atoms with Gasteiger partial charge in [-0.3, -0.25) is 4.98 Å². The quantitative estimate of drug-likeness (QED) is 0.795. The van der Waals surface area contributed by atoms with Gasteiger partial charge < -0.3 is 11.9 Å². The van der Waals surface area contributed by atoms with Gasteiger partial charge in [0.25, 0.3) is 0 Å². The van der Waals surface area contributed by atoms with Crippen molar-refractivity contribution in [1.29, 1.82) is 0 Å². The zero-order chi connectivity index (χ0) is 11.4. The number of nitrogens with zero attached hydrogens (tertiary/aromatic N) is 1. The van der Waals surface area contributed by atoms with Crippen molar-refractivity contribution in [2.24, 2.45) is 0 Å². The number of aryl methyl sites for hydroxylation is 3. The number of nitrogens with two attached hydrogens (primary N) is 1. The van der Waals surface area contributed by atoms with Crippen LogP contribution in [0.25, 0.3) is 0 Å². The fourth-order valence-electron chi connectivity index (χ4n) is 1.83. The third-order valence-corrected chi connectivity index (χ3v) is 2.80. The Balaban J connectivity index is 0.00000144. The molecule has 0 radical (unpaired) electrons. The molecule has 0 spiro atoms. The molecule has 1 heterocycles.